The molecular weight excluding hydrogens is 316 g/mol. The minimum Gasteiger partial charge on any atom is -0.393 e. The molecule has 1 radical (unpaired) electrons. The van der Waals surface area contributed by atoms with Crippen LogP contribution in [0.3, 0.4) is 0 Å². The molecule has 0 saturated heterocycles. The summed E-state index contributed by atoms with van der Waals surface area (Å²) >= 11 is 0. The fraction of sp³-hybridized carbons (Fsp3) is 0.579. The predicted octanol–water partition coefficient (Wildman–Crippen LogP) is 3.48. The van der Waals surface area contributed by atoms with Gasteiger partial charge in [-0.05, 0) is 51.3 Å². The van der Waals surface area contributed by atoms with Gasteiger partial charge in [-0.3, -0.25) is 0 Å². The molecule has 2 unspecified atom stereocenters. The van der Waals surface area contributed by atoms with Gasteiger partial charge in [0.1, 0.15) is 0 Å². The minimum absolute atomic E-state index is 0.307. The van der Waals surface area contributed by atoms with Crippen molar-refractivity contribution >= 4 is 15.4 Å². The third kappa shape index (κ3) is 6.87. The number of nitrogens with one attached hydrogen (secondary N) is 1. The molecule has 0 aliphatic carbocycles. The molecule has 24 heavy (non-hydrogen) atoms. The van der Waals surface area contributed by atoms with Crippen LogP contribution in [0.2, 0.25) is 5.54 Å². The summed E-state index contributed by atoms with van der Waals surface area (Å²) in [5.41, 5.74) is 8.54. The molecule has 0 saturated carbocycles. The molecule has 135 valence electrons. The molecule has 0 bridgehead atoms. The molecule has 0 fully saturated rings. The summed E-state index contributed by atoms with van der Waals surface area (Å²) in [7, 11) is -1.31. The van der Waals surface area contributed by atoms with Crippen LogP contribution < -0.4 is 11.1 Å². The van der Waals surface area contributed by atoms with Crippen molar-refractivity contribution in [2.75, 3.05) is 19.8 Å². The van der Waals surface area contributed by atoms with Gasteiger partial charge in [-0.25, -0.2) is 0 Å². The standard InChI is InChI=1S/C19H33N2O2Si/c1-5-17-11-8-9-12-18(17)15-21-16(4)19(13-10-14-20)24(22-6-2)23-7-3/h5,8-9,11-12,16,19,21H,1,6-7,10,13-15,20H2,2-4H3. The Morgan fingerprint density at radius 1 is 1.25 bits per heavy atom. The number of hydrogen-bond donors (Lipinski definition) is 2. The lowest BCUT2D eigenvalue weighted by molar-refractivity contribution is 0.195. The van der Waals surface area contributed by atoms with Crippen LogP contribution in [-0.2, 0) is 15.4 Å². The summed E-state index contributed by atoms with van der Waals surface area (Å²) < 4.78 is 11.9. The number of nitrogens with two attached hydrogens (primary N) is 1. The van der Waals surface area contributed by atoms with E-state index < -0.39 is 9.28 Å². The average molecular weight is 350 g/mol. The first-order valence-corrected chi connectivity index (χ1v) is 10.3. The van der Waals surface area contributed by atoms with E-state index in [9.17, 15) is 0 Å². The molecule has 5 heteroatoms. The minimum atomic E-state index is -1.31. The topological polar surface area (TPSA) is 56.5 Å². The van der Waals surface area contributed by atoms with E-state index in [0.29, 0.717) is 31.3 Å². The summed E-state index contributed by atoms with van der Waals surface area (Å²) in [5, 5.41) is 3.66. The highest BCUT2D eigenvalue weighted by Gasteiger charge is 2.32. The van der Waals surface area contributed by atoms with Crippen LogP contribution in [0.25, 0.3) is 6.08 Å². The quantitative estimate of drug-likeness (QED) is 0.535. The fourth-order valence-corrected chi connectivity index (χ4v) is 4.80. The molecule has 0 aromatic heterocycles. The highest BCUT2D eigenvalue weighted by atomic mass is 28.3. The van der Waals surface area contributed by atoms with Crippen molar-refractivity contribution in [1.29, 1.82) is 0 Å². The molecule has 1 aromatic rings. The maximum Gasteiger partial charge on any atom is 0.389 e. The van der Waals surface area contributed by atoms with Crippen molar-refractivity contribution in [3.8, 4) is 0 Å². The van der Waals surface area contributed by atoms with Crippen molar-refractivity contribution in [3.63, 3.8) is 0 Å². The van der Waals surface area contributed by atoms with Gasteiger partial charge in [0.05, 0.1) is 0 Å². The Morgan fingerprint density at radius 2 is 1.92 bits per heavy atom. The van der Waals surface area contributed by atoms with E-state index in [1.807, 2.05) is 26.0 Å². The predicted molar refractivity (Wildman–Crippen MR) is 104 cm³/mol. The number of hydrogen-bond acceptors (Lipinski definition) is 4. The van der Waals surface area contributed by atoms with Gasteiger partial charge in [0, 0.05) is 31.3 Å². The lowest BCUT2D eigenvalue weighted by atomic mass is 10.1. The van der Waals surface area contributed by atoms with E-state index >= 15 is 0 Å². The zero-order chi connectivity index (χ0) is 17.8. The maximum atomic E-state index is 5.94. The van der Waals surface area contributed by atoms with Crippen molar-refractivity contribution in [2.24, 2.45) is 5.73 Å². The van der Waals surface area contributed by atoms with Gasteiger partial charge in [-0.2, -0.15) is 0 Å². The van der Waals surface area contributed by atoms with Crippen LogP contribution in [0, 0.1) is 0 Å². The van der Waals surface area contributed by atoms with Gasteiger partial charge in [-0.15, -0.1) is 0 Å². The molecule has 0 aliphatic rings. The number of benzene rings is 1. The van der Waals surface area contributed by atoms with E-state index in [-0.39, 0.29) is 0 Å². The molecule has 1 aromatic carbocycles. The molecule has 0 amide bonds. The van der Waals surface area contributed by atoms with Gasteiger partial charge < -0.3 is 19.9 Å². The van der Waals surface area contributed by atoms with Crippen LogP contribution in [-0.4, -0.2) is 35.1 Å². The summed E-state index contributed by atoms with van der Waals surface area (Å²) in [4.78, 5) is 0. The monoisotopic (exact) mass is 349 g/mol. The average Bonchev–Trinajstić information content (AvgIpc) is 2.60. The fourth-order valence-electron chi connectivity index (χ4n) is 2.76. The third-order valence-electron chi connectivity index (χ3n) is 4.09. The smallest absolute Gasteiger partial charge is 0.389 e. The second-order valence-electron chi connectivity index (χ2n) is 5.79. The molecule has 2 atom stereocenters. The summed E-state index contributed by atoms with van der Waals surface area (Å²) in [6.07, 6.45) is 3.93. The summed E-state index contributed by atoms with van der Waals surface area (Å²) in [6.45, 7) is 13.1. The van der Waals surface area contributed by atoms with Gasteiger partial charge >= 0.3 is 9.28 Å². The lowest BCUT2D eigenvalue weighted by Crippen LogP contribution is -2.41. The molecule has 1 rings (SSSR count). The highest BCUT2D eigenvalue weighted by Crippen LogP contribution is 2.24. The molecule has 0 aliphatic heterocycles. The summed E-state index contributed by atoms with van der Waals surface area (Å²) in [5.74, 6) is 0. The highest BCUT2D eigenvalue weighted by molar-refractivity contribution is 6.46. The Labute approximate surface area is 149 Å². The van der Waals surface area contributed by atoms with Gasteiger partial charge in [-0.1, -0.05) is 36.9 Å². The Kier molecular flexibility index (Phi) is 10.9. The second-order valence-corrected chi connectivity index (χ2v) is 7.75. The summed E-state index contributed by atoms with van der Waals surface area (Å²) in [6, 6.07) is 8.65. The third-order valence-corrected chi connectivity index (χ3v) is 6.63. The lowest BCUT2D eigenvalue weighted by Gasteiger charge is -2.29. The van der Waals surface area contributed by atoms with Crippen LogP contribution >= 0.6 is 0 Å². The molecule has 0 spiro atoms. The Balaban J connectivity index is 2.75. The SMILES string of the molecule is C=Cc1ccccc1CNC(C)C(CCCN)[Si](OCC)OCC. The molecule has 3 N–H and O–H groups in total. The van der Waals surface area contributed by atoms with Crippen molar-refractivity contribution in [3.05, 3.63) is 42.0 Å². The van der Waals surface area contributed by atoms with Gasteiger partial charge in [0.15, 0.2) is 0 Å². The van der Waals surface area contributed by atoms with E-state index in [1.165, 1.54) is 11.1 Å². The zero-order valence-electron chi connectivity index (χ0n) is 15.4. The van der Waals surface area contributed by atoms with Crippen molar-refractivity contribution < 1.29 is 8.85 Å². The van der Waals surface area contributed by atoms with Crippen LogP contribution in [0.1, 0.15) is 44.7 Å². The van der Waals surface area contributed by atoms with E-state index in [4.69, 9.17) is 14.6 Å². The Bertz CT molecular complexity index is 464. The second kappa shape index (κ2) is 12.4. The van der Waals surface area contributed by atoms with E-state index in [1.54, 1.807) is 0 Å². The van der Waals surface area contributed by atoms with Crippen molar-refractivity contribution in [2.45, 2.75) is 51.7 Å². The number of rotatable bonds is 13. The molecule has 4 nitrogen and oxygen atoms in total. The largest absolute Gasteiger partial charge is 0.393 e. The van der Waals surface area contributed by atoms with Crippen molar-refractivity contribution in [1.82, 2.24) is 5.32 Å². The first kappa shape index (κ1) is 21.1. The normalized spacial score (nSPS) is 13.9. The zero-order valence-corrected chi connectivity index (χ0v) is 16.4. The van der Waals surface area contributed by atoms with Gasteiger partial charge in [0.25, 0.3) is 0 Å². The first-order chi connectivity index (χ1) is 11.7. The van der Waals surface area contributed by atoms with E-state index in [0.717, 1.165) is 19.4 Å². The maximum absolute atomic E-state index is 5.94. The van der Waals surface area contributed by atoms with E-state index in [2.05, 4.69) is 37.0 Å². The van der Waals surface area contributed by atoms with Crippen LogP contribution in [0.5, 0.6) is 0 Å². The Hall–Kier alpha value is -0.983. The Morgan fingerprint density at radius 3 is 2.50 bits per heavy atom. The van der Waals surface area contributed by atoms with Crippen LogP contribution in [0.4, 0.5) is 0 Å². The first-order valence-electron chi connectivity index (χ1n) is 8.94. The van der Waals surface area contributed by atoms with Gasteiger partial charge in [0.2, 0.25) is 0 Å². The van der Waals surface area contributed by atoms with Crippen LogP contribution in [0.15, 0.2) is 30.8 Å². The molecule has 0 heterocycles. The molecular formula is C19H33N2O2Si.